The molecule has 0 unspecified atom stereocenters. The standard InChI is InChI=1S/C24H27N5O2/c1-16-23(22(30)15-28-9-7-18(13-26)8-10-28)24-21(11-20(31-2)14-27-24)29(16)19-5-3-17(12-25)4-6-19/h3-6,11,14,18H,7-10,13,15,26H2,1-2H3. The zero-order valence-corrected chi connectivity index (χ0v) is 18.0. The van der Waals surface area contributed by atoms with Crippen LogP contribution < -0.4 is 10.5 Å². The monoisotopic (exact) mass is 417 g/mol. The maximum atomic E-state index is 13.4. The molecule has 160 valence electrons. The third-order valence-corrected chi connectivity index (χ3v) is 6.19. The summed E-state index contributed by atoms with van der Waals surface area (Å²) in [5.74, 6) is 1.25. The van der Waals surface area contributed by atoms with E-state index >= 15 is 0 Å². The lowest BCUT2D eigenvalue weighted by Crippen LogP contribution is -2.39. The molecule has 4 rings (SSSR count). The molecule has 1 aliphatic rings. The minimum Gasteiger partial charge on any atom is -0.495 e. The zero-order valence-electron chi connectivity index (χ0n) is 18.0. The second-order valence-corrected chi connectivity index (χ2v) is 8.08. The van der Waals surface area contributed by atoms with Gasteiger partial charge in [0, 0.05) is 17.4 Å². The first kappa shape index (κ1) is 21.0. The fourth-order valence-corrected chi connectivity index (χ4v) is 4.39. The Hall–Kier alpha value is -3.21. The molecule has 2 N–H and O–H groups in total. The summed E-state index contributed by atoms with van der Waals surface area (Å²) in [4.78, 5) is 20.2. The van der Waals surface area contributed by atoms with Gasteiger partial charge in [-0.1, -0.05) is 0 Å². The van der Waals surface area contributed by atoms with Crippen molar-refractivity contribution in [2.24, 2.45) is 11.7 Å². The number of carbonyl (C=O) groups is 1. The summed E-state index contributed by atoms with van der Waals surface area (Å²) < 4.78 is 7.39. The van der Waals surface area contributed by atoms with E-state index in [1.807, 2.05) is 29.7 Å². The van der Waals surface area contributed by atoms with Gasteiger partial charge < -0.3 is 15.0 Å². The number of fused-ring (bicyclic) bond motifs is 1. The van der Waals surface area contributed by atoms with E-state index in [-0.39, 0.29) is 5.78 Å². The number of piperidine rings is 1. The largest absolute Gasteiger partial charge is 0.495 e. The molecule has 0 atom stereocenters. The Morgan fingerprint density at radius 1 is 1.29 bits per heavy atom. The van der Waals surface area contributed by atoms with Gasteiger partial charge in [-0.25, -0.2) is 4.98 Å². The number of benzene rings is 1. The lowest BCUT2D eigenvalue weighted by atomic mass is 9.96. The molecule has 0 spiro atoms. The normalized spacial score (nSPS) is 15.2. The van der Waals surface area contributed by atoms with E-state index in [2.05, 4.69) is 16.0 Å². The molecule has 3 aromatic rings. The highest BCUT2D eigenvalue weighted by molar-refractivity contribution is 6.09. The number of hydrogen-bond acceptors (Lipinski definition) is 6. The highest BCUT2D eigenvalue weighted by atomic mass is 16.5. The van der Waals surface area contributed by atoms with Crippen molar-refractivity contribution in [1.82, 2.24) is 14.5 Å². The molecule has 7 heteroatoms. The van der Waals surface area contributed by atoms with Crippen molar-refractivity contribution in [3.8, 4) is 17.5 Å². The zero-order chi connectivity index (χ0) is 22.0. The van der Waals surface area contributed by atoms with Crippen molar-refractivity contribution in [3.05, 3.63) is 53.3 Å². The Morgan fingerprint density at radius 2 is 2.00 bits per heavy atom. The number of methoxy groups -OCH3 is 1. The minimum absolute atomic E-state index is 0.0683. The van der Waals surface area contributed by atoms with Crippen LogP contribution in [0, 0.1) is 24.2 Å². The lowest BCUT2D eigenvalue weighted by molar-refractivity contribution is 0.0898. The van der Waals surface area contributed by atoms with Gasteiger partial charge in [0.05, 0.1) is 48.1 Å². The highest BCUT2D eigenvalue weighted by Crippen LogP contribution is 2.31. The van der Waals surface area contributed by atoms with Crippen LogP contribution in [0.3, 0.4) is 0 Å². The number of pyridine rings is 1. The molecule has 0 bridgehead atoms. The average molecular weight is 418 g/mol. The summed E-state index contributed by atoms with van der Waals surface area (Å²) in [5.41, 5.74) is 10.2. The average Bonchev–Trinajstić information content (AvgIpc) is 3.10. The summed E-state index contributed by atoms with van der Waals surface area (Å²) >= 11 is 0. The van der Waals surface area contributed by atoms with Crippen molar-refractivity contribution < 1.29 is 9.53 Å². The van der Waals surface area contributed by atoms with E-state index in [1.54, 1.807) is 25.4 Å². The van der Waals surface area contributed by atoms with Crippen molar-refractivity contribution in [1.29, 1.82) is 5.26 Å². The first-order valence-electron chi connectivity index (χ1n) is 10.6. The smallest absolute Gasteiger partial charge is 0.180 e. The first-order chi connectivity index (χ1) is 15.0. The number of carbonyl (C=O) groups excluding carboxylic acids is 1. The Labute approximate surface area is 182 Å². The fourth-order valence-electron chi connectivity index (χ4n) is 4.39. The van der Waals surface area contributed by atoms with Gasteiger partial charge in [0.15, 0.2) is 5.78 Å². The second kappa shape index (κ2) is 8.88. The molecule has 0 saturated carbocycles. The van der Waals surface area contributed by atoms with Gasteiger partial charge in [0.25, 0.3) is 0 Å². The van der Waals surface area contributed by atoms with E-state index in [9.17, 15) is 4.79 Å². The van der Waals surface area contributed by atoms with Crippen molar-refractivity contribution in [2.45, 2.75) is 19.8 Å². The lowest BCUT2D eigenvalue weighted by Gasteiger charge is -2.30. The summed E-state index contributed by atoms with van der Waals surface area (Å²) in [6.07, 6.45) is 3.71. The van der Waals surface area contributed by atoms with Gasteiger partial charge in [-0.2, -0.15) is 5.26 Å². The van der Waals surface area contributed by atoms with Crippen molar-refractivity contribution in [2.75, 3.05) is 33.3 Å². The summed E-state index contributed by atoms with van der Waals surface area (Å²) in [6, 6.07) is 11.4. The maximum Gasteiger partial charge on any atom is 0.180 e. The number of ether oxygens (including phenoxy) is 1. The summed E-state index contributed by atoms with van der Waals surface area (Å²) in [6.45, 7) is 4.81. The van der Waals surface area contributed by atoms with Crippen LogP contribution in [0.5, 0.6) is 5.75 Å². The maximum absolute atomic E-state index is 13.4. The van der Waals surface area contributed by atoms with Crippen LogP contribution >= 0.6 is 0 Å². The summed E-state index contributed by atoms with van der Waals surface area (Å²) in [7, 11) is 1.60. The number of nitrogens with zero attached hydrogens (tertiary/aromatic N) is 4. The molecule has 1 fully saturated rings. The highest BCUT2D eigenvalue weighted by Gasteiger charge is 2.26. The Bertz CT molecular complexity index is 1140. The third kappa shape index (κ3) is 4.05. The molecule has 1 aliphatic heterocycles. The van der Waals surface area contributed by atoms with Crippen LogP contribution in [0.1, 0.15) is 34.5 Å². The van der Waals surface area contributed by atoms with E-state index in [1.165, 1.54) is 0 Å². The molecule has 0 radical (unpaired) electrons. The predicted molar refractivity (Wildman–Crippen MR) is 120 cm³/mol. The Balaban J connectivity index is 1.74. The molecule has 1 aromatic carbocycles. The van der Waals surface area contributed by atoms with Crippen LogP contribution in [-0.2, 0) is 0 Å². The van der Waals surface area contributed by atoms with Crippen molar-refractivity contribution in [3.63, 3.8) is 0 Å². The molecule has 0 amide bonds. The minimum atomic E-state index is 0.0683. The van der Waals surface area contributed by atoms with Crippen LogP contribution in [-0.4, -0.2) is 53.5 Å². The molecular weight excluding hydrogens is 390 g/mol. The Kier molecular flexibility index (Phi) is 6.03. The van der Waals surface area contributed by atoms with E-state index in [4.69, 9.17) is 15.7 Å². The topological polar surface area (TPSA) is 97.2 Å². The number of aromatic nitrogens is 2. The molecule has 1 saturated heterocycles. The quantitative estimate of drug-likeness (QED) is 0.619. The van der Waals surface area contributed by atoms with E-state index in [0.29, 0.717) is 41.4 Å². The molecule has 3 heterocycles. The van der Waals surface area contributed by atoms with Crippen molar-refractivity contribution >= 4 is 16.8 Å². The van der Waals surface area contributed by atoms with E-state index in [0.717, 1.165) is 42.8 Å². The van der Waals surface area contributed by atoms with Gasteiger partial charge in [-0.3, -0.25) is 9.69 Å². The number of ketones is 1. The van der Waals surface area contributed by atoms with Crippen LogP contribution in [0.4, 0.5) is 0 Å². The number of nitrogens with two attached hydrogens (primary N) is 1. The van der Waals surface area contributed by atoms with Crippen LogP contribution in [0.2, 0.25) is 0 Å². The van der Waals surface area contributed by atoms with Gasteiger partial charge in [-0.15, -0.1) is 0 Å². The van der Waals surface area contributed by atoms with Gasteiger partial charge in [-0.05, 0) is 69.6 Å². The second-order valence-electron chi connectivity index (χ2n) is 8.08. The van der Waals surface area contributed by atoms with Gasteiger partial charge in [0.2, 0.25) is 0 Å². The van der Waals surface area contributed by atoms with Crippen LogP contribution in [0.15, 0.2) is 36.5 Å². The molecule has 2 aromatic heterocycles. The van der Waals surface area contributed by atoms with Gasteiger partial charge >= 0.3 is 0 Å². The first-order valence-corrected chi connectivity index (χ1v) is 10.6. The third-order valence-electron chi connectivity index (χ3n) is 6.19. The van der Waals surface area contributed by atoms with E-state index < -0.39 is 0 Å². The molecular formula is C24H27N5O2. The van der Waals surface area contributed by atoms with Crippen LogP contribution in [0.25, 0.3) is 16.7 Å². The number of nitriles is 1. The molecule has 31 heavy (non-hydrogen) atoms. The number of hydrogen-bond donors (Lipinski definition) is 1. The molecule has 0 aliphatic carbocycles. The van der Waals surface area contributed by atoms with Gasteiger partial charge in [0.1, 0.15) is 5.75 Å². The Morgan fingerprint density at radius 3 is 2.61 bits per heavy atom. The molecule has 7 nitrogen and oxygen atoms in total. The fraction of sp³-hybridized carbons (Fsp3) is 0.375. The number of likely N-dealkylation sites (tertiary alicyclic amines) is 1. The number of Topliss-reactive ketones (excluding diaryl/α,β-unsaturated/α-hetero) is 1. The predicted octanol–water partition coefficient (Wildman–Crippen LogP) is 3.07. The number of rotatable bonds is 6. The summed E-state index contributed by atoms with van der Waals surface area (Å²) in [5, 5.41) is 9.12. The SMILES string of the molecule is COc1cnc2c(C(=O)CN3CCC(CN)CC3)c(C)n(-c3ccc(C#N)cc3)c2c1.